The van der Waals surface area contributed by atoms with Gasteiger partial charge in [0, 0.05) is 32.2 Å². The Hall–Kier alpha value is -0.170. The van der Waals surface area contributed by atoms with Crippen LogP contribution in [0.25, 0.3) is 0 Å². The van der Waals surface area contributed by atoms with Gasteiger partial charge in [-0.3, -0.25) is 0 Å². The average molecular weight is 235 g/mol. The maximum absolute atomic E-state index is 11.9. The summed E-state index contributed by atoms with van der Waals surface area (Å²) in [5.74, 6) is 0.192. The fourth-order valence-electron chi connectivity index (χ4n) is 1.88. The first-order valence-corrected chi connectivity index (χ1v) is 6.91. The molecular formula is C9H21N3O2S. The van der Waals surface area contributed by atoms with E-state index in [0.29, 0.717) is 13.1 Å². The van der Waals surface area contributed by atoms with Gasteiger partial charge >= 0.3 is 0 Å². The van der Waals surface area contributed by atoms with Crippen LogP contribution in [0.1, 0.15) is 6.92 Å². The Kier molecular flexibility index (Phi) is 4.51. The fourth-order valence-corrected chi connectivity index (χ4v) is 3.56. The Labute approximate surface area is 92.5 Å². The lowest BCUT2D eigenvalue weighted by Gasteiger charge is -2.37. The van der Waals surface area contributed by atoms with Crippen molar-refractivity contribution in [2.45, 2.75) is 13.0 Å². The third kappa shape index (κ3) is 3.41. The first kappa shape index (κ1) is 12.9. The Morgan fingerprint density at radius 1 is 1.40 bits per heavy atom. The molecule has 1 unspecified atom stereocenters. The molecule has 1 fully saturated rings. The fraction of sp³-hybridized carbons (Fsp3) is 1.00. The zero-order chi connectivity index (χ0) is 11.5. The molecule has 0 aromatic heterocycles. The number of piperazine rings is 1. The van der Waals surface area contributed by atoms with Crippen molar-refractivity contribution >= 4 is 10.0 Å². The van der Waals surface area contributed by atoms with Crippen LogP contribution in [-0.4, -0.2) is 69.7 Å². The van der Waals surface area contributed by atoms with E-state index in [0.717, 1.165) is 13.1 Å². The van der Waals surface area contributed by atoms with Crippen LogP contribution in [0, 0.1) is 0 Å². The van der Waals surface area contributed by atoms with Gasteiger partial charge in [0.25, 0.3) is 0 Å². The van der Waals surface area contributed by atoms with E-state index in [4.69, 9.17) is 0 Å². The van der Waals surface area contributed by atoms with E-state index in [1.165, 1.54) is 0 Å². The lowest BCUT2D eigenvalue weighted by Crippen LogP contribution is -2.53. The van der Waals surface area contributed by atoms with E-state index in [1.807, 2.05) is 14.0 Å². The summed E-state index contributed by atoms with van der Waals surface area (Å²) in [5, 5.41) is 2.87. The average Bonchev–Trinajstić information content (AvgIpc) is 2.14. The molecule has 1 saturated heterocycles. The number of hydrogen-bond donors (Lipinski definition) is 1. The summed E-state index contributed by atoms with van der Waals surface area (Å²) in [6, 6.07) is 0.0885. The Morgan fingerprint density at radius 2 is 2.07 bits per heavy atom. The second-order valence-corrected chi connectivity index (χ2v) is 6.18. The highest BCUT2D eigenvalue weighted by molar-refractivity contribution is 7.89. The molecule has 0 amide bonds. The quantitative estimate of drug-likeness (QED) is 0.691. The van der Waals surface area contributed by atoms with Gasteiger partial charge < -0.3 is 10.2 Å². The van der Waals surface area contributed by atoms with Gasteiger partial charge in [0.1, 0.15) is 0 Å². The number of sulfonamides is 1. The van der Waals surface area contributed by atoms with Crippen LogP contribution in [0.3, 0.4) is 0 Å². The Bertz CT molecular complexity index is 292. The maximum Gasteiger partial charge on any atom is 0.215 e. The van der Waals surface area contributed by atoms with Crippen molar-refractivity contribution in [1.82, 2.24) is 14.5 Å². The zero-order valence-corrected chi connectivity index (χ0v) is 10.5. The second kappa shape index (κ2) is 5.25. The predicted octanol–water partition coefficient (Wildman–Crippen LogP) is -0.828. The van der Waals surface area contributed by atoms with Gasteiger partial charge in [0.05, 0.1) is 5.75 Å². The van der Waals surface area contributed by atoms with Crippen LogP contribution in [0.4, 0.5) is 0 Å². The topological polar surface area (TPSA) is 52.7 Å². The molecule has 0 saturated carbocycles. The molecule has 1 aliphatic rings. The molecule has 5 nitrogen and oxygen atoms in total. The Morgan fingerprint density at radius 3 is 2.60 bits per heavy atom. The molecule has 0 spiro atoms. The van der Waals surface area contributed by atoms with Crippen molar-refractivity contribution in [2.75, 3.05) is 46.0 Å². The third-order valence-corrected chi connectivity index (χ3v) is 4.71. The normalized spacial score (nSPS) is 25.7. The molecule has 1 N–H and O–H groups in total. The molecule has 1 rings (SSSR count). The molecule has 0 aliphatic carbocycles. The minimum absolute atomic E-state index is 0.0885. The largest absolute Gasteiger partial charge is 0.319 e. The highest BCUT2D eigenvalue weighted by atomic mass is 32.2. The minimum atomic E-state index is -3.07. The SMILES string of the molecule is CNCCS(=O)(=O)N1CCN(C)CC1C. The smallest absolute Gasteiger partial charge is 0.215 e. The van der Waals surface area contributed by atoms with Crippen molar-refractivity contribution in [3.63, 3.8) is 0 Å². The number of rotatable bonds is 4. The van der Waals surface area contributed by atoms with E-state index in [1.54, 1.807) is 11.4 Å². The molecule has 0 radical (unpaired) electrons. The number of nitrogens with zero attached hydrogens (tertiary/aromatic N) is 2. The van der Waals surface area contributed by atoms with Crippen LogP contribution in [0.2, 0.25) is 0 Å². The predicted molar refractivity (Wildman–Crippen MR) is 61.4 cm³/mol. The molecule has 1 atom stereocenters. The summed E-state index contributed by atoms with van der Waals surface area (Å²) in [7, 11) is 0.715. The first-order valence-electron chi connectivity index (χ1n) is 5.30. The van der Waals surface area contributed by atoms with Crippen LogP contribution < -0.4 is 5.32 Å². The van der Waals surface area contributed by atoms with Gasteiger partial charge in [-0.2, -0.15) is 4.31 Å². The van der Waals surface area contributed by atoms with Crippen molar-refractivity contribution in [3.05, 3.63) is 0 Å². The van der Waals surface area contributed by atoms with E-state index < -0.39 is 10.0 Å². The molecule has 90 valence electrons. The summed E-state index contributed by atoms with van der Waals surface area (Å²) >= 11 is 0. The lowest BCUT2D eigenvalue weighted by molar-refractivity contribution is 0.170. The molecule has 0 bridgehead atoms. The monoisotopic (exact) mass is 235 g/mol. The van der Waals surface area contributed by atoms with Crippen molar-refractivity contribution in [1.29, 1.82) is 0 Å². The highest BCUT2D eigenvalue weighted by Gasteiger charge is 2.30. The zero-order valence-electron chi connectivity index (χ0n) is 9.73. The number of likely N-dealkylation sites (N-methyl/N-ethyl adjacent to an activating group) is 1. The van der Waals surface area contributed by atoms with Gasteiger partial charge in [-0.05, 0) is 21.0 Å². The molecule has 1 heterocycles. The summed E-state index contributed by atoms with van der Waals surface area (Å²) < 4.78 is 25.5. The van der Waals surface area contributed by atoms with Crippen molar-refractivity contribution in [3.8, 4) is 0 Å². The molecular weight excluding hydrogens is 214 g/mol. The summed E-state index contributed by atoms with van der Waals surface area (Å²) in [6.07, 6.45) is 0. The number of hydrogen-bond acceptors (Lipinski definition) is 4. The van der Waals surface area contributed by atoms with E-state index in [-0.39, 0.29) is 11.8 Å². The molecule has 15 heavy (non-hydrogen) atoms. The third-order valence-electron chi connectivity index (χ3n) is 2.74. The molecule has 0 aromatic rings. The van der Waals surface area contributed by atoms with E-state index in [2.05, 4.69) is 10.2 Å². The van der Waals surface area contributed by atoms with Gasteiger partial charge in [0.2, 0.25) is 10.0 Å². The van der Waals surface area contributed by atoms with Crippen LogP contribution in [0.5, 0.6) is 0 Å². The van der Waals surface area contributed by atoms with Crippen LogP contribution in [-0.2, 0) is 10.0 Å². The van der Waals surface area contributed by atoms with E-state index >= 15 is 0 Å². The molecule has 1 aliphatic heterocycles. The van der Waals surface area contributed by atoms with Crippen molar-refractivity contribution < 1.29 is 8.42 Å². The summed E-state index contributed by atoms with van der Waals surface area (Å²) in [5.41, 5.74) is 0. The second-order valence-electron chi connectivity index (χ2n) is 4.14. The summed E-state index contributed by atoms with van der Waals surface area (Å²) in [4.78, 5) is 2.16. The molecule has 6 heteroatoms. The van der Waals surface area contributed by atoms with Crippen LogP contribution in [0.15, 0.2) is 0 Å². The van der Waals surface area contributed by atoms with Gasteiger partial charge in [-0.25, -0.2) is 8.42 Å². The standard InChI is InChI=1S/C9H21N3O2S/c1-9-8-11(3)5-6-12(9)15(13,14)7-4-10-2/h9-10H,4-8H2,1-3H3. The Balaban J connectivity index is 2.62. The minimum Gasteiger partial charge on any atom is -0.319 e. The highest BCUT2D eigenvalue weighted by Crippen LogP contribution is 2.13. The van der Waals surface area contributed by atoms with Crippen molar-refractivity contribution in [2.24, 2.45) is 0 Å². The summed E-state index contributed by atoms with van der Waals surface area (Å²) in [6.45, 7) is 4.74. The van der Waals surface area contributed by atoms with Crippen LogP contribution >= 0.6 is 0 Å². The first-order chi connectivity index (χ1) is 6.97. The molecule has 0 aromatic carbocycles. The number of nitrogens with one attached hydrogen (secondary N) is 1. The van der Waals surface area contributed by atoms with Gasteiger partial charge in [-0.15, -0.1) is 0 Å². The van der Waals surface area contributed by atoms with E-state index in [9.17, 15) is 8.42 Å². The van der Waals surface area contributed by atoms with Gasteiger partial charge in [-0.1, -0.05) is 0 Å². The lowest BCUT2D eigenvalue weighted by atomic mass is 10.2. The van der Waals surface area contributed by atoms with Gasteiger partial charge in [0.15, 0.2) is 0 Å². The maximum atomic E-state index is 11.9.